The SMILES string of the molecule is CC(C)NCc1cc(S(=O)(=O)N(C)C)cc(F)c1Cl. The molecule has 0 heterocycles. The lowest BCUT2D eigenvalue weighted by molar-refractivity contribution is 0.518. The Balaban J connectivity index is 3.24. The number of sulfonamides is 1. The van der Waals surface area contributed by atoms with Gasteiger partial charge in [0.1, 0.15) is 5.82 Å². The third-order valence-electron chi connectivity index (χ3n) is 2.56. The van der Waals surface area contributed by atoms with Crippen molar-refractivity contribution in [2.45, 2.75) is 31.3 Å². The minimum absolute atomic E-state index is 0.0501. The molecule has 1 N–H and O–H groups in total. The molecule has 108 valence electrons. The lowest BCUT2D eigenvalue weighted by Gasteiger charge is -2.15. The highest BCUT2D eigenvalue weighted by molar-refractivity contribution is 7.89. The van der Waals surface area contributed by atoms with E-state index in [-0.39, 0.29) is 16.0 Å². The predicted octanol–water partition coefficient (Wildman–Crippen LogP) is 2.23. The second kappa shape index (κ2) is 6.17. The van der Waals surface area contributed by atoms with E-state index in [1.807, 2.05) is 13.8 Å². The fourth-order valence-electron chi connectivity index (χ4n) is 1.42. The van der Waals surface area contributed by atoms with Crippen molar-refractivity contribution in [3.8, 4) is 0 Å². The molecule has 0 saturated heterocycles. The van der Waals surface area contributed by atoms with E-state index in [1.165, 1.54) is 20.2 Å². The number of halogens is 2. The van der Waals surface area contributed by atoms with Gasteiger partial charge in [-0.05, 0) is 17.7 Å². The standard InChI is InChI=1S/C12H18ClFN2O2S/c1-8(2)15-7-9-5-10(6-11(14)12(9)13)19(17,18)16(3)4/h5-6,8,15H,7H2,1-4H3. The molecule has 1 rings (SSSR count). The summed E-state index contributed by atoms with van der Waals surface area (Å²) in [5, 5.41) is 3.03. The van der Waals surface area contributed by atoms with Crippen LogP contribution in [-0.4, -0.2) is 32.9 Å². The average Bonchev–Trinajstić information content (AvgIpc) is 2.30. The van der Waals surface area contributed by atoms with Crippen LogP contribution in [0.2, 0.25) is 5.02 Å². The number of hydrogen-bond donors (Lipinski definition) is 1. The van der Waals surface area contributed by atoms with Gasteiger partial charge in [-0.25, -0.2) is 17.1 Å². The van der Waals surface area contributed by atoms with E-state index >= 15 is 0 Å². The van der Waals surface area contributed by atoms with Crippen molar-refractivity contribution in [3.63, 3.8) is 0 Å². The summed E-state index contributed by atoms with van der Waals surface area (Å²) in [6, 6.07) is 2.53. The van der Waals surface area contributed by atoms with Gasteiger partial charge in [0.15, 0.2) is 0 Å². The number of hydrogen-bond acceptors (Lipinski definition) is 3. The fourth-order valence-corrected chi connectivity index (χ4v) is 2.56. The maximum atomic E-state index is 13.7. The third kappa shape index (κ3) is 3.89. The fraction of sp³-hybridized carbons (Fsp3) is 0.500. The molecule has 0 unspecified atom stereocenters. The summed E-state index contributed by atoms with van der Waals surface area (Å²) >= 11 is 5.85. The summed E-state index contributed by atoms with van der Waals surface area (Å²) in [6.45, 7) is 4.18. The molecule has 7 heteroatoms. The zero-order valence-electron chi connectivity index (χ0n) is 11.4. The van der Waals surface area contributed by atoms with Gasteiger partial charge in [0, 0.05) is 26.7 Å². The number of nitrogens with one attached hydrogen (secondary N) is 1. The summed E-state index contributed by atoms with van der Waals surface area (Å²) in [7, 11) is -0.877. The highest BCUT2D eigenvalue weighted by Crippen LogP contribution is 2.25. The Hall–Kier alpha value is -0.690. The Labute approximate surface area is 118 Å². The number of nitrogens with zero attached hydrogens (tertiary/aromatic N) is 1. The topological polar surface area (TPSA) is 49.4 Å². The van der Waals surface area contributed by atoms with Crippen molar-refractivity contribution in [2.75, 3.05) is 14.1 Å². The third-order valence-corrected chi connectivity index (χ3v) is 4.77. The van der Waals surface area contributed by atoms with Gasteiger partial charge in [0.2, 0.25) is 10.0 Å². The molecular weight excluding hydrogens is 291 g/mol. The van der Waals surface area contributed by atoms with Crippen LogP contribution in [0.25, 0.3) is 0 Å². The van der Waals surface area contributed by atoms with Gasteiger partial charge in [0.05, 0.1) is 9.92 Å². The van der Waals surface area contributed by atoms with Crippen molar-refractivity contribution in [1.82, 2.24) is 9.62 Å². The van der Waals surface area contributed by atoms with Crippen LogP contribution in [0.4, 0.5) is 4.39 Å². The van der Waals surface area contributed by atoms with Gasteiger partial charge in [-0.15, -0.1) is 0 Å². The van der Waals surface area contributed by atoms with Crippen LogP contribution < -0.4 is 5.32 Å². The van der Waals surface area contributed by atoms with Crippen molar-refractivity contribution in [1.29, 1.82) is 0 Å². The van der Waals surface area contributed by atoms with E-state index in [0.717, 1.165) is 10.4 Å². The Kier molecular flexibility index (Phi) is 5.32. The van der Waals surface area contributed by atoms with E-state index in [1.54, 1.807) is 0 Å². The van der Waals surface area contributed by atoms with Crippen molar-refractivity contribution in [3.05, 3.63) is 28.5 Å². The van der Waals surface area contributed by atoms with Crippen LogP contribution in [0.15, 0.2) is 17.0 Å². The molecule has 0 amide bonds. The molecular formula is C12H18ClFN2O2S. The monoisotopic (exact) mass is 308 g/mol. The molecule has 0 aliphatic heterocycles. The Morgan fingerprint density at radius 2 is 1.95 bits per heavy atom. The smallest absolute Gasteiger partial charge is 0.242 e. The molecule has 0 spiro atoms. The molecule has 0 aromatic heterocycles. The first-order valence-electron chi connectivity index (χ1n) is 5.80. The quantitative estimate of drug-likeness (QED) is 0.907. The molecule has 1 aromatic rings. The van der Waals surface area contributed by atoms with Crippen LogP contribution in [0.5, 0.6) is 0 Å². The van der Waals surface area contributed by atoms with Gasteiger partial charge in [-0.2, -0.15) is 0 Å². The van der Waals surface area contributed by atoms with E-state index in [2.05, 4.69) is 5.32 Å². The summed E-state index contributed by atoms with van der Waals surface area (Å²) in [5.74, 6) is -0.731. The van der Waals surface area contributed by atoms with Gasteiger partial charge in [-0.1, -0.05) is 25.4 Å². The summed E-state index contributed by atoms with van der Waals surface area (Å²) in [6.07, 6.45) is 0. The molecule has 0 atom stereocenters. The minimum Gasteiger partial charge on any atom is -0.310 e. The molecule has 4 nitrogen and oxygen atoms in total. The normalized spacial score (nSPS) is 12.4. The van der Waals surface area contributed by atoms with Crippen LogP contribution in [0.1, 0.15) is 19.4 Å². The Morgan fingerprint density at radius 1 is 1.37 bits per heavy atom. The minimum atomic E-state index is -3.67. The maximum Gasteiger partial charge on any atom is 0.242 e. The number of rotatable bonds is 5. The molecule has 1 aromatic carbocycles. The summed E-state index contributed by atoms with van der Waals surface area (Å²) in [4.78, 5) is -0.0973. The van der Waals surface area contributed by atoms with Crippen LogP contribution in [0.3, 0.4) is 0 Å². The highest BCUT2D eigenvalue weighted by Gasteiger charge is 2.21. The Bertz CT molecular complexity index is 559. The molecule has 0 aliphatic carbocycles. The second-order valence-electron chi connectivity index (χ2n) is 4.70. The van der Waals surface area contributed by atoms with Crippen molar-refractivity contribution >= 4 is 21.6 Å². The largest absolute Gasteiger partial charge is 0.310 e. The molecule has 0 aliphatic rings. The lowest BCUT2D eigenvalue weighted by Crippen LogP contribution is -2.24. The molecule has 19 heavy (non-hydrogen) atoms. The molecule has 0 saturated carbocycles. The van der Waals surface area contributed by atoms with Crippen LogP contribution in [-0.2, 0) is 16.6 Å². The summed E-state index contributed by atoms with van der Waals surface area (Å²) in [5.41, 5.74) is 0.427. The van der Waals surface area contributed by atoms with Crippen LogP contribution in [0, 0.1) is 5.82 Å². The zero-order chi connectivity index (χ0) is 14.8. The second-order valence-corrected chi connectivity index (χ2v) is 7.23. The predicted molar refractivity (Wildman–Crippen MR) is 74.3 cm³/mol. The summed E-state index contributed by atoms with van der Waals surface area (Å²) < 4.78 is 38.7. The van der Waals surface area contributed by atoms with Crippen molar-refractivity contribution < 1.29 is 12.8 Å². The first-order chi connectivity index (χ1) is 8.66. The molecule has 0 bridgehead atoms. The highest BCUT2D eigenvalue weighted by atomic mass is 35.5. The van der Waals surface area contributed by atoms with E-state index in [9.17, 15) is 12.8 Å². The van der Waals surface area contributed by atoms with Crippen molar-refractivity contribution in [2.24, 2.45) is 0 Å². The van der Waals surface area contributed by atoms with E-state index < -0.39 is 15.8 Å². The van der Waals surface area contributed by atoms with E-state index in [4.69, 9.17) is 11.6 Å². The van der Waals surface area contributed by atoms with E-state index in [0.29, 0.717) is 12.1 Å². The van der Waals surface area contributed by atoms with Crippen LogP contribution >= 0.6 is 11.6 Å². The first kappa shape index (κ1) is 16.4. The van der Waals surface area contributed by atoms with Gasteiger partial charge < -0.3 is 5.32 Å². The van der Waals surface area contributed by atoms with Gasteiger partial charge >= 0.3 is 0 Å². The average molecular weight is 309 g/mol. The zero-order valence-corrected chi connectivity index (χ0v) is 12.9. The maximum absolute atomic E-state index is 13.7. The van der Waals surface area contributed by atoms with Gasteiger partial charge in [-0.3, -0.25) is 0 Å². The van der Waals surface area contributed by atoms with Gasteiger partial charge in [0.25, 0.3) is 0 Å². The Morgan fingerprint density at radius 3 is 2.42 bits per heavy atom. The number of benzene rings is 1. The first-order valence-corrected chi connectivity index (χ1v) is 7.62. The molecule has 0 radical (unpaired) electrons. The lowest BCUT2D eigenvalue weighted by atomic mass is 10.2. The molecule has 0 fully saturated rings.